The lowest BCUT2D eigenvalue weighted by Gasteiger charge is -2.08. The van der Waals surface area contributed by atoms with E-state index in [-0.39, 0.29) is 0 Å². The minimum atomic E-state index is 0.485. The van der Waals surface area contributed by atoms with Crippen LogP contribution < -0.4 is 11.1 Å². The van der Waals surface area contributed by atoms with Crippen LogP contribution in [-0.4, -0.2) is 16.0 Å². The number of anilines is 2. The highest BCUT2D eigenvalue weighted by Crippen LogP contribution is 2.29. The third-order valence-corrected chi connectivity index (χ3v) is 3.50. The number of nitrogen functional groups attached to an aromatic ring is 1. The van der Waals surface area contributed by atoms with Crippen LogP contribution >= 0.6 is 15.9 Å². The molecule has 2 aromatic rings. The molecule has 0 aliphatic heterocycles. The van der Waals surface area contributed by atoms with Gasteiger partial charge in [-0.25, -0.2) is 4.98 Å². The molecule has 3 rings (SSSR count). The molecule has 1 aliphatic rings. The van der Waals surface area contributed by atoms with Crippen molar-refractivity contribution in [1.29, 1.82) is 0 Å². The fraction of sp³-hybridized carbons (Fsp3) is 0.231. The molecule has 1 aliphatic carbocycles. The molecule has 1 fully saturated rings. The van der Waals surface area contributed by atoms with Crippen molar-refractivity contribution < 1.29 is 0 Å². The normalized spacial score (nSPS) is 14.5. The van der Waals surface area contributed by atoms with Crippen LogP contribution in [0.1, 0.15) is 12.8 Å². The number of hydrogen-bond donors (Lipinski definition) is 2. The smallest absolute Gasteiger partial charge is 0.225 e. The Hall–Kier alpha value is -1.62. The Kier molecular flexibility index (Phi) is 2.91. The van der Waals surface area contributed by atoms with E-state index in [1.807, 2.05) is 24.3 Å². The summed E-state index contributed by atoms with van der Waals surface area (Å²) in [6.07, 6.45) is 2.37. The molecular weight excluding hydrogens is 292 g/mol. The van der Waals surface area contributed by atoms with Crippen molar-refractivity contribution in [3.05, 3.63) is 34.8 Å². The minimum absolute atomic E-state index is 0.485. The van der Waals surface area contributed by atoms with Crippen molar-refractivity contribution in [2.24, 2.45) is 0 Å². The van der Waals surface area contributed by atoms with E-state index in [0.29, 0.717) is 17.8 Å². The lowest BCUT2D eigenvalue weighted by atomic mass is 10.1. The molecule has 1 heterocycles. The van der Waals surface area contributed by atoms with Gasteiger partial charge < -0.3 is 11.1 Å². The second-order valence-electron chi connectivity index (χ2n) is 4.40. The fourth-order valence-corrected chi connectivity index (χ4v) is 2.24. The van der Waals surface area contributed by atoms with E-state index in [9.17, 15) is 0 Å². The number of benzene rings is 1. The average molecular weight is 305 g/mol. The molecule has 5 heteroatoms. The second-order valence-corrected chi connectivity index (χ2v) is 5.25. The van der Waals surface area contributed by atoms with Gasteiger partial charge in [0.15, 0.2) is 0 Å². The molecule has 0 spiro atoms. The van der Waals surface area contributed by atoms with Crippen LogP contribution in [0.25, 0.3) is 11.3 Å². The van der Waals surface area contributed by atoms with Crippen LogP contribution in [0.2, 0.25) is 0 Å². The van der Waals surface area contributed by atoms with Crippen molar-refractivity contribution in [2.75, 3.05) is 11.1 Å². The Morgan fingerprint density at radius 1 is 1.22 bits per heavy atom. The first-order chi connectivity index (χ1) is 8.72. The van der Waals surface area contributed by atoms with Crippen LogP contribution in [0.3, 0.4) is 0 Å². The van der Waals surface area contributed by atoms with Crippen LogP contribution in [0, 0.1) is 0 Å². The zero-order chi connectivity index (χ0) is 12.5. The maximum atomic E-state index is 5.84. The van der Waals surface area contributed by atoms with Gasteiger partial charge in [0.25, 0.3) is 0 Å². The molecule has 1 saturated carbocycles. The van der Waals surface area contributed by atoms with Gasteiger partial charge >= 0.3 is 0 Å². The first kappa shape index (κ1) is 11.5. The van der Waals surface area contributed by atoms with Gasteiger partial charge in [0.1, 0.15) is 5.82 Å². The van der Waals surface area contributed by atoms with Crippen LogP contribution in [0.5, 0.6) is 0 Å². The molecule has 4 nitrogen and oxygen atoms in total. The van der Waals surface area contributed by atoms with E-state index in [0.717, 1.165) is 15.7 Å². The summed E-state index contributed by atoms with van der Waals surface area (Å²) in [5, 5.41) is 3.27. The summed E-state index contributed by atoms with van der Waals surface area (Å²) in [5.74, 6) is 1.10. The molecule has 18 heavy (non-hydrogen) atoms. The molecule has 0 saturated heterocycles. The van der Waals surface area contributed by atoms with Crippen molar-refractivity contribution in [3.8, 4) is 11.3 Å². The maximum absolute atomic E-state index is 5.84. The molecule has 0 radical (unpaired) electrons. The van der Waals surface area contributed by atoms with E-state index in [4.69, 9.17) is 5.73 Å². The van der Waals surface area contributed by atoms with Crippen LogP contribution in [-0.2, 0) is 0 Å². The van der Waals surface area contributed by atoms with Gasteiger partial charge in [0, 0.05) is 22.1 Å². The SMILES string of the molecule is Nc1cc(-c2ccccc2Br)nc(NC2CC2)n1. The van der Waals surface area contributed by atoms with Crippen molar-refractivity contribution >= 4 is 27.7 Å². The van der Waals surface area contributed by atoms with Crippen molar-refractivity contribution in [3.63, 3.8) is 0 Å². The minimum Gasteiger partial charge on any atom is -0.384 e. The van der Waals surface area contributed by atoms with Crippen molar-refractivity contribution in [1.82, 2.24) is 9.97 Å². The number of aromatic nitrogens is 2. The van der Waals surface area contributed by atoms with E-state index in [1.54, 1.807) is 6.07 Å². The Labute approximate surface area is 114 Å². The molecule has 92 valence electrons. The monoisotopic (exact) mass is 304 g/mol. The topological polar surface area (TPSA) is 63.8 Å². The highest BCUT2D eigenvalue weighted by molar-refractivity contribution is 9.10. The van der Waals surface area contributed by atoms with Gasteiger partial charge in [0.05, 0.1) is 5.69 Å². The highest BCUT2D eigenvalue weighted by Gasteiger charge is 2.22. The van der Waals surface area contributed by atoms with Gasteiger partial charge in [-0.1, -0.05) is 34.1 Å². The average Bonchev–Trinajstić information content (AvgIpc) is 3.12. The number of nitrogens with two attached hydrogens (primary N) is 1. The van der Waals surface area contributed by atoms with E-state index in [1.165, 1.54) is 12.8 Å². The molecular formula is C13H13BrN4. The Morgan fingerprint density at radius 2 is 2.00 bits per heavy atom. The molecule has 0 amide bonds. The molecule has 0 unspecified atom stereocenters. The summed E-state index contributed by atoms with van der Waals surface area (Å²) in [5.41, 5.74) is 7.69. The zero-order valence-electron chi connectivity index (χ0n) is 9.73. The van der Waals surface area contributed by atoms with Gasteiger partial charge in [0.2, 0.25) is 5.95 Å². The third kappa shape index (κ3) is 2.46. The highest BCUT2D eigenvalue weighted by atomic mass is 79.9. The number of nitrogens with zero attached hydrogens (tertiary/aromatic N) is 2. The third-order valence-electron chi connectivity index (χ3n) is 2.81. The second kappa shape index (κ2) is 4.57. The standard InChI is InChI=1S/C13H13BrN4/c14-10-4-2-1-3-9(10)11-7-12(15)18-13(17-11)16-8-5-6-8/h1-4,7-8H,5-6H2,(H3,15,16,17,18). The van der Waals surface area contributed by atoms with E-state index in [2.05, 4.69) is 31.2 Å². The quantitative estimate of drug-likeness (QED) is 0.915. The Morgan fingerprint density at radius 3 is 2.72 bits per heavy atom. The number of rotatable bonds is 3. The number of nitrogens with one attached hydrogen (secondary N) is 1. The fourth-order valence-electron chi connectivity index (χ4n) is 1.75. The summed E-state index contributed by atoms with van der Waals surface area (Å²) < 4.78 is 1.00. The van der Waals surface area contributed by atoms with Gasteiger partial charge in [-0.15, -0.1) is 0 Å². The van der Waals surface area contributed by atoms with Crippen molar-refractivity contribution in [2.45, 2.75) is 18.9 Å². The van der Waals surface area contributed by atoms with Gasteiger partial charge in [-0.2, -0.15) is 4.98 Å². The summed E-state index contributed by atoms with van der Waals surface area (Å²) in [6.45, 7) is 0. The molecule has 1 aromatic carbocycles. The Balaban J connectivity index is 2.00. The van der Waals surface area contributed by atoms with Crippen LogP contribution in [0.4, 0.5) is 11.8 Å². The summed E-state index contributed by atoms with van der Waals surface area (Å²) >= 11 is 3.52. The number of hydrogen-bond acceptors (Lipinski definition) is 4. The van der Waals surface area contributed by atoms with E-state index < -0.39 is 0 Å². The number of halogens is 1. The largest absolute Gasteiger partial charge is 0.384 e. The predicted molar refractivity (Wildman–Crippen MR) is 76.2 cm³/mol. The molecule has 1 aromatic heterocycles. The zero-order valence-corrected chi connectivity index (χ0v) is 11.3. The van der Waals surface area contributed by atoms with Gasteiger partial charge in [-0.05, 0) is 18.9 Å². The lowest BCUT2D eigenvalue weighted by molar-refractivity contribution is 1.06. The van der Waals surface area contributed by atoms with Gasteiger partial charge in [-0.3, -0.25) is 0 Å². The maximum Gasteiger partial charge on any atom is 0.225 e. The lowest BCUT2D eigenvalue weighted by Crippen LogP contribution is -2.07. The van der Waals surface area contributed by atoms with Crippen LogP contribution in [0.15, 0.2) is 34.8 Å². The summed E-state index contributed by atoms with van der Waals surface area (Å²) in [7, 11) is 0. The summed E-state index contributed by atoms with van der Waals surface area (Å²) in [6, 6.07) is 10.2. The first-order valence-electron chi connectivity index (χ1n) is 5.88. The molecule has 0 bridgehead atoms. The molecule has 3 N–H and O–H groups in total. The summed E-state index contributed by atoms with van der Waals surface area (Å²) in [4.78, 5) is 8.72. The first-order valence-corrected chi connectivity index (χ1v) is 6.67. The predicted octanol–water partition coefficient (Wildman–Crippen LogP) is 3.06. The van der Waals surface area contributed by atoms with E-state index >= 15 is 0 Å². The Bertz CT molecular complexity index is 581. The molecule has 0 atom stereocenters.